The van der Waals surface area contributed by atoms with Crippen LogP contribution in [0, 0.1) is 0 Å². The van der Waals surface area contributed by atoms with Crippen LogP contribution in [0.1, 0.15) is 17.7 Å². The number of hydrogen-bond donors (Lipinski definition) is 1. The number of rotatable bonds is 7. The van der Waals surface area contributed by atoms with Gasteiger partial charge in [-0.25, -0.2) is 0 Å². The summed E-state index contributed by atoms with van der Waals surface area (Å²) in [7, 11) is 0. The second kappa shape index (κ2) is 7.64. The minimum Gasteiger partial charge on any atom is -0.481 e. The Bertz CT molecular complexity index is 791. The molecule has 3 rings (SSSR count). The lowest BCUT2D eigenvalue weighted by molar-refractivity contribution is -0.136. The molecule has 0 aliphatic carbocycles. The third kappa shape index (κ3) is 3.93. The van der Waals surface area contributed by atoms with Crippen LogP contribution < -0.4 is 0 Å². The van der Waals surface area contributed by atoms with Gasteiger partial charge in [-0.2, -0.15) is 0 Å². The number of carboxylic acids is 1. The smallest absolute Gasteiger partial charge is 0.303 e. The molecule has 0 amide bonds. The summed E-state index contributed by atoms with van der Waals surface area (Å²) in [5.41, 5.74) is 4.67. The van der Waals surface area contributed by atoms with Crippen molar-refractivity contribution < 1.29 is 9.90 Å². The molecule has 0 unspecified atom stereocenters. The van der Waals surface area contributed by atoms with E-state index in [1.807, 2.05) is 24.3 Å². The molecule has 0 aliphatic heterocycles. The van der Waals surface area contributed by atoms with Crippen molar-refractivity contribution in [1.29, 1.82) is 0 Å². The number of nitrogens with zero attached hydrogens (tertiary/aromatic N) is 1. The highest BCUT2D eigenvalue weighted by molar-refractivity contribution is 5.67. The third-order valence-electron chi connectivity index (χ3n) is 4.20. The quantitative estimate of drug-likeness (QED) is 0.700. The molecule has 0 aliphatic rings. The Morgan fingerprint density at radius 2 is 1.50 bits per heavy atom. The van der Waals surface area contributed by atoms with Crippen molar-refractivity contribution in [1.82, 2.24) is 4.57 Å². The van der Waals surface area contributed by atoms with Gasteiger partial charge >= 0.3 is 5.97 Å². The SMILES string of the molecule is O=C(O)CCc1ccc(-c2ccccc2)n1CCc1ccccc1. The van der Waals surface area contributed by atoms with Gasteiger partial charge in [-0.05, 0) is 36.1 Å². The maximum Gasteiger partial charge on any atom is 0.303 e. The van der Waals surface area contributed by atoms with Gasteiger partial charge in [0.2, 0.25) is 0 Å². The van der Waals surface area contributed by atoms with Gasteiger partial charge in [0.1, 0.15) is 0 Å². The minimum absolute atomic E-state index is 0.156. The number of aromatic nitrogens is 1. The highest BCUT2D eigenvalue weighted by atomic mass is 16.4. The number of carboxylic acid groups (broad SMARTS) is 1. The van der Waals surface area contributed by atoms with Crippen molar-refractivity contribution in [3.05, 3.63) is 84.1 Å². The molecule has 122 valence electrons. The Kier molecular flexibility index (Phi) is 5.12. The van der Waals surface area contributed by atoms with Crippen LogP contribution in [0.15, 0.2) is 72.8 Å². The summed E-state index contributed by atoms with van der Waals surface area (Å²) in [6, 6.07) is 24.8. The Morgan fingerprint density at radius 1 is 0.833 bits per heavy atom. The molecule has 0 radical (unpaired) electrons. The predicted octanol–water partition coefficient (Wildman–Crippen LogP) is 4.42. The molecule has 24 heavy (non-hydrogen) atoms. The van der Waals surface area contributed by atoms with Crippen LogP contribution in [0.2, 0.25) is 0 Å². The first-order chi connectivity index (χ1) is 11.7. The van der Waals surface area contributed by atoms with E-state index < -0.39 is 5.97 Å². The number of aryl methyl sites for hydroxylation is 2. The van der Waals surface area contributed by atoms with E-state index in [9.17, 15) is 4.79 Å². The lowest BCUT2D eigenvalue weighted by Crippen LogP contribution is -2.09. The van der Waals surface area contributed by atoms with Crippen LogP contribution in [-0.4, -0.2) is 15.6 Å². The van der Waals surface area contributed by atoms with E-state index >= 15 is 0 Å². The zero-order chi connectivity index (χ0) is 16.8. The molecule has 1 aromatic heterocycles. The molecule has 3 nitrogen and oxygen atoms in total. The fourth-order valence-corrected chi connectivity index (χ4v) is 2.97. The van der Waals surface area contributed by atoms with E-state index in [1.165, 1.54) is 5.56 Å². The highest BCUT2D eigenvalue weighted by Crippen LogP contribution is 2.24. The molecule has 0 fully saturated rings. The molecule has 0 saturated carbocycles. The zero-order valence-electron chi connectivity index (χ0n) is 13.6. The first-order valence-electron chi connectivity index (χ1n) is 8.23. The third-order valence-corrected chi connectivity index (χ3v) is 4.20. The molecular weight excluding hydrogens is 298 g/mol. The van der Waals surface area contributed by atoms with Crippen LogP contribution in [0.4, 0.5) is 0 Å². The maximum atomic E-state index is 10.9. The van der Waals surface area contributed by atoms with E-state index in [-0.39, 0.29) is 6.42 Å². The molecular formula is C21H21NO2. The Balaban J connectivity index is 1.87. The lowest BCUT2D eigenvalue weighted by Gasteiger charge is -2.14. The van der Waals surface area contributed by atoms with Gasteiger partial charge in [-0.15, -0.1) is 0 Å². The largest absolute Gasteiger partial charge is 0.481 e. The second-order valence-electron chi connectivity index (χ2n) is 5.86. The average Bonchev–Trinajstić information content (AvgIpc) is 3.02. The first-order valence-corrected chi connectivity index (χ1v) is 8.23. The highest BCUT2D eigenvalue weighted by Gasteiger charge is 2.11. The van der Waals surface area contributed by atoms with Gasteiger partial charge in [0, 0.05) is 17.9 Å². The van der Waals surface area contributed by atoms with Crippen LogP contribution in [0.5, 0.6) is 0 Å². The first kappa shape index (κ1) is 16.1. The van der Waals surface area contributed by atoms with E-state index in [0.29, 0.717) is 6.42 Å². The van der Waals surface area contributed by atoms with Crippen LogP contribution in [0.3, 0.4) is 0 Å². The molecule has 1 heterocycles. The van der Waals surface area contributed by atoms with Crippen molar-refractivity contribution >= 4 is 5.97 Å². The molecule has 3 aromatic rings. The Morgan fingerprint density at radius 3 is 2.17 bits per heavy atom. The van der Waals surface area contributed by atoms with E-state index in [1.54, 1.807) is 0 Å². The topological polar surface area (TPSA) is 42.2 Å². The van der Waals surface area contributed by atoms with Crippen molar-refractivity contribution in [3.8, 4) is 11.3 Å². The summed E-state index contributed by atoms with van der Waals surface area (Å²) in [5.74, 6) is -0.757. The molecule has 3 heteroatoms. The Hall–Kier alpha value is -2.81. The summed E-state index contributed by atoms with van der Waals surface area (Å²) in [5, 5.41) is 8.99. The Labute approximate surface area is 142 Å². The molecule has 0 spiro atoms. The van der Waals surface area contributed by atoms with Gasteiger partial charge < -0.3 is 9.67 Å². The molecule has 0 saturated heterocycles. The van der Waals surface area contributed by atoms with Crippen LogP contribution in [-0.2, 0) is 24.2 Å². The fourth-order valence-electron chi connectivity index (χ4n) is 2.97. The standard InChI is InChI=1S/C21H21NO2/c23-21(24)14-12-19-11-13-20(18-9-5-2-6-10-18)22(19)16-15-17-7-3-1-4-8-17/h1-11,13H,12,14-16H2,(H,23,24). The molecule has 0 bridgehead atoms. The molecule has 2 aromatic carbocycles. The molecule has 1 N–H and O–H groups in total. The molecule has 0 atom stereocenters. The summed E-state index contributed by atoms with van der Waals surface area (Å²) >= 11 is 0. The number of benzene rings is 2. The summed E-state index contributed by atoms with van der Waals surface area (Å²) in [6.45, 7) is 0.843. The van der Waals surface area contributed by atoms with Crippen molar-refractivity contribution in [2.45, 2.75) is 25.8 Å². The summed E-state index contributed by atoms with van der Waals surface area (Å²) in [4.78, 5) is 10.9. The van der Waals surface area contributed by atoms with E-state index in [0.717, 1.165) is 29.9 Å². The predicted molar refractivity (Wildman–Crippen MR) is 96.0 cm³/mol. The zero-order valence-corrected chi connectivity index (χ0v) is 13.6. The van der Waals surface area contributed by atoms with Crippen LogP contribution in [0.25, 0.3) is 11.3 Å². The number of aliphatic carboxylic acids is 1. The van der Waals surface area contributed by atoms with Crippen molar-refractivity contribution in [3.63, 3.8) is 0 Å². The van der Waals surface area contributed by atoms with Gasteiger partial charge in [-0.3, -0.25) is 4.79 Å². The fraction of sp³-hybridized carbons (Fsp3) is 0.190. The number of hydrogen-bond acceptors (Lipinski definition) is 1. The van der Waals surface area contributed by atoms with Gasteiger partial charge in [-0.1, -0.05) is 60.7 Å². The lowest BCUT2D eigenvalue weighted by atomic mass is 10.1. The normalized spacial score (nSPS) is 10.7. The van der Waals surface area contributed by atoms with Crippen molar-refractivity contribution in [2.75, 3.05) is 0 Å². The summed E-state index contributed by atoms with van der Waals surface area (Å²) in [6.07, 6.45) is 1.63. The van der Waals surface area contributed by atoms with E-state index in [4.69, 9.17) is 5.11 Å². The summed E-state index contributed by atoms with van der Waals surface area (Å²) < 4.78 is 2.26. The van der Waals surface area contributed by atoms with Gasteiger partial charge in [0.15, 0.2) is 0 Å². The maximum absolute atomic E-state index is 10.9. The van der Waals surface area contributed by atoms with Crippen LogP contribution >= 0.6 is 0 Å². The monoisotopic (exact) mass is 319 g/mol. The van der Waals surface area contributed by atoms with Gasteiger partial charge in [0.05, 0.1) is 6.42 Å². The minimum atomic E-state index is -0.757. The van der Waals surface area contributed by atoms with E-state index in [2.05, 4.69) is 53.1 Å². The second-order valence-corrected chi connectivity index (χ2v) is 5.86. The van der Waals surface area contributed by atoms with Crippen molar-refractivity contribution in [2.24, 2.45) is 0 Å². The van der Waals surface area contributed by atoms with Gasteiger partial charge in [0.25, 0.3) is 0 Å². The average molecular weight is 319 g/mol. The number of carbonyl (C=O) groups is 1.